The van der Waals surface area contributed by atoms with Crippen LogP contribution in [-0.4, -0.2) is 6.03 Å². The number of anilines is 1. The summed E-state index contributed by atoms with van der Waals surface area (Å²) in [6.07, 6.45) is 0. The van der Waals surface area contributed by atoms with E-state index in [4.69, 9.17) is 10.2 Å². The second kappa shape index (κ2) is 6.45. The Morgan fingerprint density at radius 1 is 1.29 bits per heavy atom. The highest BCUT2D eigenvalue weighted by atomic mass is 16.3. The number of carbonyl (C=O) groups is 1. The van der Waals surface area contributed by atoms with Crippen molar-refractivity contribution < 1.29 is 9.21 Å². The first-order valence-corrected chi connectivity index (χ1v) is 6.93. The van der Waals surface area contributed by atoms with Crippen molar-refractivity contribution in [1.82, 2.24) is 5.32 Å². The highest BCUT2D eigenvalue weighted by Gasteiger charge is 2.14. The maximum atomic E-state index is 12.0. The third kappa shape index (κ3) is 3.86. The number of urea groups is 1. The first kappa shape index (κ1) is 15.1. The van der Waals surface area contributed by atoms with E-state index in [2.05, 4.69) is 10.6 Å². The molecule has 0 fully saturated rings. The Bertz CT molecular complexity index is 617. The first-order valence-electron chi connectivity index (χ1n) is 6.93. The van der Waals surface area contributed by atoms with E-state index in [1.807, 2.05) is 51.1 Å². The predicted octanol–water partition coefficient (Wildman–Crippen LogP) is 3.24. The van der Waals surface area contributed by atoms with Crippen LogP contribution >= 0.6 is 0 Å². The van der Waals surface area contributed by atoms with Gasteiger partial charge in [0, 0.05) is 17.8 Å². The van der Waals surface area contributed by atoms with Gasteiger partial charge in [-0.05, 0) is 44.5 Å². The topological polar surface area (TPSA) is 80.3 Å². The molecule has 0 saturated carbocycles. The van der Waals surface area contributed by atoms with E-state index < -0.39 is 0 Å². The molecule has 1 heterocycles. The minimum atomic E-state index is -0.249. The van der Waals surface area contributed by atoms with Crippen LogP contribution in [0.2, 0.25) is 0 Å². The van der Waals surface area contributed by atoms with Crippen LogP contribution in [0.25, 0.3) is 0 Å². The molecule has 5 nitrogen and oxygen atoms in total. The van der Waals surface area contributed by atoms with Crippen molar-refractivity contribution in [1.29, 1.82) is 0 Å². The summed E-state index contributed by atoms with van der Waals surface area (Å²) in [5, 5.41) is 5.69. The van der Waals surface area contributed by atoms with Gasteiger partial charge in [0.15, 0.2) is 0 Å². The number of rotatable bonds is 4. The normalized spacial score (nSPS) is 12.0. The lowest BCUT2D eigenvalue weighted by Gasteiger charge is -2.14. The second-order valence-electron chi connectivity index (χ2n) is 5.09. The van der Waals surface area contributed by atoms with Crippen LogP contribution in [0.15, 0.2) is 34.7 Å². The molecular weight excluding hydrogens is 266 g/mol. The van der Waals surface area contributed by atoms with Crippen LogP contribution in [0.4, 0.5) is 10.5 Å². The molecule has 21 heavy (non-hydrogen) atoms. The van der Waals surface area contributed by atoms with E-state index in [1.54, 1.807) is 0 Å². The lowest BCUT2D eigenvalue weighted by molar-refractivity contribution is 0.249. The Labute approximate surface area is 124 Å². The molecular formula is C16H21N3O2. The van der Waals surface area contributed by atoms with E-state index in [-0.39, 0.29) is 12.1 Å². The standard InChI is InChI=1S/C16H21N3O2/c1-10-8-15(12(3)21-10)11(2)18-16(20)19-14-6-4-13(9-17)5-7-14/h4-8,11H,9,17H2,1-3H3,(H2,18,19,20). The number of furan rings is 1. The molecule has 0 aliphatic carbocycles. The zero-order chi connectivity index (χ0) is 15.4. The molecule has 0 saturated heterocycles. The van der Waals surface area contributed by atoms with Gasteiger partial charge in [0.25, 0.3) is 0 Å². The maximum absolute atomic E-state index is 12.0. The second-order valence-corrected chi connectivity index (χ2v) is 5.09. The summed E-state index contributed by atoms with van der Waals surface area (Å²) in [6, 6.07) is 9.02. The monoisotopic (exact) mass is 287 g/mol. The van der Waals surface area contributed by atoms with Crippen LogP contribution in [0.3, 0.4) is 0 Å². The Morgan fingerprint density at radius 3 is 2.48 bits per heavy atom. The molecule has 2 aromatic rings. The van der Waals surface area contributed by atoms with Crippen LogP contribution in [-0.2, 0) is 6.54 Å². The van der Waals surface area contributed by atoms with Gasteiger partial charge >= 0.3 is 6.03 Å². The zero-order valence-electron chi connectivity index (χ0n) is 12.6. The van der Waals surface area contributed by atoms with E-state index in [9.17, 15) is 4.79 Å². The molecule has 1 unspecified atom stereocenters. The Balaban J connectivity index is 1.96. The average molecular weight is 287 g/mol. The fraction of sp³-hybridized carbons (Fsp3) is 0.312. The molecule has 2 amide bonds. The minimum absolute atomic E-state index is 0.120. The lowest BCUT2D eigenvalue weighted by Crippen LogP contribution is -2.31. The van der Waals surface area contributed by atoms with Crippen LogP contribution in [0.1, 0.15) is 35.6 Å². The fourth-order valence-electron chi connectivity index (χ4n) is 2.25. The highest BCUT2D eigenvalue weighted by Crippen LogP contribution is 2.21. The number of benzene rings is 1. The SMILES string of the molecule is Cc1cc(C(C)NC(=O)Nc2ccc(CN)cc2)c(C)o1. The summed E-state index contributed by atoms with van der Waals surface area (Å²) in [4.78, 5) is 12.0. The van der Waals surface area contributed by atoms with Gasteiger partial charge in [0.05, 0.1) is 6.04 Å². The van der Waals surface area contributed by atoms with E-state index in [0.717, 1.165) is 28.3 Å². The summed E-state index contributed by atoms with van der Waals surface area (Å²) in [6.45, 7) is 6.20. The minimum Gasteiger partial charge on any atom is -0.466 e. The Kier molecular flexibility index (Phi) is 4.65. The van der Waals surface area contributed by atoms with Gasteiger partial charge in [-0.3, -0.25) is 0 Å². The first-order chi connectivity index (χ1) is 9.99. The molecule has 1 aromatic carbocycles. The average Bonchev–Trinajstić information content (AvgIpc) is 2.78. The summed E-state index contributed by atoms with van der Waals surface area (Å²) in [7, 11) is 0. The van der Waals surface area contributed by atoms with Gasteiger partial charge in [-0.25, -0.2) is 4.79 Å². The fourth-order valence-corrected chi connectivity index (χ4v) is 2.25. The third-order valence-corrected chi connectivity index (χ3v) is 3.34. The third-order valence-electron chi connectivity index (χ3n) is 3.34. The Hall–Kier alpha value is -2.27. The summed E-state index contributed by atoms with van der Waals surface area (Å²) in [5.41, 5.74) is 8.29. The molecule has 1 aromatic heterocycles. The molecule has 112 valence electrons. The molecule has 5 heteroatoms. The maximum Gasteiger partial charge on any atom is 0.319 e. The van der Waals surface area contributed by atoms with E-state index in [0.29, 0.717) is 6.54 Å². The van der Waals surface area contributed by atoms with Gasteiger partial charge in [-0.2, -0.15) is 0 Å². The number of hydrogen-bond acceptors (Lipinski definition) is 3. The molecule has 0 spiro atoms. The number of amides is 2. The van der Waals surface area contributed by atoms with Crippen molar-refractivity contribution in [3.8, 4) is 0 Å². The van der Waals surface area contributed by atoms with Crippen LogP contribution in [0, 0.1) is 13.8 Å². The Morgan fingerprint density at radius 2 is 1.95 bits per heavy atom. The molecule has 0 radical (unpaired) electrons. The van der Waals surface area contributed by atoms with Crippen molar-refractivity contribution >= 4 is 11.7 Å². The van der Waals surface area contributed by atoms with Gasteiger partial charge in [0.1, 0.15) is 11.5 Å². The molecule has 2 rings (SSSR count). The number of carbonyl (C=O) groups excluding carboxylic acids is 1. The highest BCUT2D eigenvalue weighted by molar-refractivity contribution is 5.89. The molecule has 4 N–H and O–H groups in total. The summed E-state index contributed by atoms with van der Waals surface area (Å²) in [5.74, 6) is 1.67. The number of nitrogens with one attached hydrogen (secondary N) is 2. The van der Waals surface area contributed by atoms with Crippen molar-refractivity contribution in [3.63, 3.8) is 0 Å². The van der Waals surface area contributed by atoms with Gasteiger partial charge in [-0.15, -0.1) is 0 Å². The summed E-state index contributed by atoms with van der Waals surface area (Å²) < 4.78 is 5.48. The van der Waals surface area contributed by atoms with Crippen molar-refractivity contribution in [2.75, 3.05) is 5.32 Å². The van der Waals surface area contributed by atoms with Crippen molar-refractivity contribution in [3.05, 3.63) is 53.0 Å². The largest absolute Gasteiger partial charge is 0.466 e. The van der Waals surface area contributed by atoms with Gasteiger partial charge in [0.2, 0.25) is 0 Å². The molecule has 1 atom stereocenters. The van der Waals surface area contributed by atoms with E-state index in [1.165, 1.54) is 0 Å². The van der Waals surface area contributed by atoms with Crippen molar-refractivity contribution in [2.45, 2.75) is 33.4 Å². The van der Waals surface area contributed by atoms with Gasteiger partial charge < -0.3 is 20.8 Å². The molecule has 0 aliphatic heterocycles. The zero-order valence-corrected chi connectivity index (χ0v) is 12.6. The predicted molar refractivity (Wildman–Crippen MR) is 83.1 cm³/mol. The van der Waals surface area contributed by atoms with Crippen LogP contribution in [0.5, 0.6) is 0 Å². The number of hydrogen-bond donors (Lipinski definition) is 3. The lowest BCUT2D eigenvalue weighted by atomic mass is 10.1. The number of aryl methyl sites for hydroxylation is 2. The number of nitrogens with two attached hydrogens (primary N) is 1. The molecule has 0 bridgehead atoms. The summed E-state index contributed by atoms with van der Waals surface area (Å²) >= 11 is 0. The van der Waals surface area contributed by atoms with E-state index >= 15 is 0 Å². The molecule has 0 aliphatic rings. The van der Waals surface area contributed by atoms with Crippen molar-refractivity contribution in [2.24, 2.45) is 5.73 Å². The van der Waals surface area contributed by atoms with Crippen LogP contribution < -0.4 is 16.4 Å². The van der Waals surface area contributed by atoms with Gasteiger partial charge in [-0.1, -0.05) is 12.1 Å². The smallest absolute Gasteiger partial charge is 0.319 e. The quantitative estimate of drug-likeness (QED) is 0.807.